The molecule has 2 aromatic carbocycles. The highest BCUT2D eigenvalue weighted by atomic mass is 32.1. The second-order valence-corrected chi connectivity index (χ2v) is 6.95. The minimum Gasteiger partial charge on any atom is -0.314 e. The number of benzene rings is 2. The van der Waals surface area contributed by atoms with Gasteiger partial charge < -0.3 is 5.32 Å². The first-order valence-electron chi connectivity index (χ1n) is 8.10. The summed E-state index contributed by atoms with van der Waals surface area (Å²) in [6.07, 6.45) is 0. The normalized spacial score (nSPS) is 17.2. The van der Waals surface area contributed by atoms with Crippen molar-refractivity contribution in [1.29, 1.82) is 0 Å². The summed E-state index contributed by atoms with van der Waals surface area (Å²) in [5.74, 6) is -1.01. The predicted molar refractivity (Wildman–Crippen MR) is 94.5 cm³/mol. The fourth-order valence-electron chi connectivity index (χ4n) is 3.43. The first-order chi connectivity index (χ1) is 11.7. The van der Waals surface area contributed by atoms with E-state index in [4.69, 9.17) is 0 Å². The number of halogens is 2. The Balaban J connectivity index is 1.86. The molecule has 124 valence electrons. The second kappa shape index (κ2) is 6.59. The summed E-state index contributed by atoms with van der Waals surface area (Å²) in [5, 5.41) is 6.59. The summed E-state index contributed by atoms with van der Waals surface area (Å²) in [5.41, 5.74) is 1.64. The van der Waals surface area contributed by atoms with Crippen LogP contribution in [0, 0.1) is 11.6 Å². The van der Waals surface area contributed by atoms with Crippen LogP contribution in [0.15, 0.2) is 47.8 Å². The Morgan fingerprint density at radius 3 is 2.58 bits per heavy atom. The van der Waals surface area contributed by atoms with Crippen molar-refractivity contribution < 1.29 is 8.78 Å². The Morgan fingerprint density at radius 2 is 1.79 bits per heavy atom. The van der Waals surface area contributed by atoms with Gasteiger partial charge in [0.05, 0.1) is 6.04 Å². The van der Waals surface area contributed by atoms with E-state index in [1.807, 2.05) is 12.1 Å². The molecule has 1 aliphatic heterocycles. The van der Waals surface area contributed by atoms with E-state index in [0.717, 1.165) is 43.2 Å². The van der Waals surface area contributed by atoms with Crippen LogP contribution in [0.1, 0.15) is 17.2 Å². The van der Waals surface area contributed by atoms with Gasteiger partial charge in [0.25, 0.3) is 0 Å². The van der Waals surface area contributed by atoms with Gasteiger partial charge in [0.15, 0.2) is 0 Å². The number of fused-ring (bicyclic) bond motifs is 1. The van der Waals surface area contributed by atoms with Crippen LogP contribution >= 0.6 is 11.3 Å². The monoisotopic (exact) mass is 344 g/mol. The van der Waals surface area contributed by atoms with Crippen LogP contribution in [0.5, 0.6) is 0 Å². The highest BCUT2D eigenvalue weighted by molar-refractivity contribution is 7.17. The lowest BCUT2D eigenvalue weighted by atomic mass is 9.95. The molecule has 5 heteroatoms. The fourth-order valence-corrected chi connectivity index (χ4v) is 4.41. The van der Waals surface area contributed by atoms with E-state index in [2.05, 4.69) is 27.7 Å². The first kappa shape index (κ1) is 15.7. The summed E-state index contributed by atoms with van der Waals surface area (Å²) in [6.45, 7) is 3.43. The maximum absolute atomic E-state index is 14.6. The lowest BCUT2D eigenvalue weighted by Gasteiger charge is -2.35. The zero-order valence-electron chi connectivity index (χ0n) is 13.1. The number of nitrogens with zero attached hydrogens (tertiary/aromatic N) is 1. The van der Waals surface area contributed by atoms with Gasteiger partial charge in [-0.15, -0.1) is 11.3 Å². The van der Waals surface area contributed by atoms with Crippen molar-refractivity contribution in [3.05, 3.63) is 70.6 Å². The smallest absolute Gasteiger partial charge is 0.131 e. The van der Waals surface area contributed by atoms with Gasteiger partial charge in [-0.25, -0.2) is 8.78 Å². The van der Waals surface area contributed by atoms with Crippen molar-refractivity contribution in [2.24, 2.45) is 0 Å². The molecule has 1 fully saturated rings. The van der Waals surface area contributed by atoms with E-state index in [1.54, 1.807) is 17.4 Å². The molecule has 3 aromatic rings. The van der Waals surface area contributed by atoms with Crippen molar-refractivity contribution in [2.45, 2.75) is 6.04 Å². The largest absolute Gasteiger partial charge is 0.314 e. The summed E-state index contributed by atoms with van der Waals surface area (Å²) in [6, 6.07) is 11.9. The molecule has 1 saturated heterocycles. The second-order valence-electron chi connectivity index (χ2n) is 6.04. The standard InChI is InChI=1S/C19H18F2N2S/c20-13-5-6-15(17(21)11-13)19(23-9-7-22-8-10-23)16-12-24-18-4-2-1-3-14(16)18/h1-6,11-12,19,22H,7-10H2. The Kier molecular flexibility index (Phi) is 4.31. The molecule has 0 saturated carbocycles. The van der Waals surface area contributed by atoms with Crippen LogP contribution in [0.4, 0.5) is 8.78 Å². The van der Waals surface area contributed by atoms with Gasteiger partial charge in [-0.3, -0.25) is 4.90 Å². The van der Waals surface area contributed by atoms with E-state index in [0.29, 0.717) is 5.56 Å². The molecule has 4 rings (SSSR count). The molecule has 0 aliphatic carbocycles. The number of nitrogens with one attached hydrogen (secondary N) is 1. The molecule has 1 atom stereocenters. The van der Waals surface area contributed by atoms with E-state index >= 15 is 0 Å². The van der Waals surface area contributed by atoms with Gasteiger partial charge >= 0.3 is 0 Å². The van der Waals surface area contributed by atoms with E-state index in [9.17, 15) is 8.78 Å². The Labute approximate surface area is 143 Å². The number of hydrogen-bond donors (Lipinski definition) is 1. The lowest BCUT2D eigenvalue weighted by molar-refractivity contribution is 0.196. The lowest BCUT2D eigenvalue weighted by Crippen LogP contribution is -2.45. The maximum Gasteiger partial charge on any atom is 0.131 e. The molecule has 0 spiro atoms. The van der Waals surface area contributed by atoms with Gasteiger partial charge in [0.2, 0.25) is 0 Å². The molecule has 2 heterocycles. The van der Waals surface area contributed by atoms with Gasteiger partial charge in [-0.1, -0.05) is 24.3 Å². The molecule has 1 aliphatic rings. The molecular weight excluding hydrogens is 326 g/mol. The molecule has 0 amide bonds. The topological polar surface area (TPSA) is 15.3 Å². The molecule has 24 heavy (non-hydrogen) atoms. The Morgan fingerprint density at radius 1 is 1.00 bits per heavy atom. The molecule has 1 unspecified atom stereocenters. The van der Waals surface area contributed by atoms with Crippen molar-refractivity contribution in [3.8, 4) is 0 Å². The van der Waals surface area contributed by atoms with Crippen molar-refractivity contribution in [1.82, 2.24) is 10.2 Å². The van der Waals surface area contributed by atoms with Crippen LogP contribution < -0.4 is 5.32 Å². The van der Waals surface area contributed by atoms with Crippen LogP contribution in [0.3, 0.4) is 0 Å². The summed E-state index contributed by atoms with van der Waals surface area (Å²) in [4.78, 5) is 2.28. The van der Waals surface area contributed by atoms with E-state index in [1.165, 1.54) is 10.8 Å². The highest BCUT2D eigenvalue weighted by Gasteiger charge is 2.28. The zero-order chi connectivity index (χ0) is 16.5. The van der Waals surface area contributed by atoms with Gasteiger partial charge in [0.1, 0.15) is 11.6 Å². The van der Waals surface area contributed by atoms with Crippen LogP contribution in [-0.4, -0.2) is 31.1 Å². The Bertz CT molecular complexity index is 855. The maximum atomic E-state index is 14.6. The SMILES string of the molecule is Fc1ccc(C(c2csc3ccccc23)N2CCNCC2)c(F)c1. The van der Waals surface area contributed by atoms with Crippen molar-refractivity contribution in [2.75, 3.05) is 26.2 Å². The van der Waals surface area contributed by atoms with E-state index in [-0.39, 0.29) is 6.04 Å². The van der Waals surface area contributed by atoms with Gasteiger partial charge in [-0.05, 0) is 28.5 Å². The van der Waals surface area contributed by atoms with Crippen LogP contribution in [-0.2, 0) is 0 Å². The highest BCUT2D eigenvalue weighted by Crippen LogP contribution is 2.38. The third kappa shape index (κ3) is 2.83. The van der Waals surface area contributed by atoms with Crippen LogP contribution in [0.25, 0.3) is 10.1 Å². The van der Waals surface area contributed by atoms with Crippen molar-refractivity contribution in [3.63, 3.8) is 0 Å². The zero-order valence-corrected chi connectivity index (χ0v) is 14.0. The summed E-state index contributed by atoms with van der Waals surface area (Å²) in [7, 11) is 0. The molecule has 1 aromatic heterocycles. The molecule has 2 nitrogen and oxygen atoms in total. The number of rotatable bonds is 3. The van der Waals surface area contributed by atoms with Crippen molar-refractivity contribution >= 4 is 21.4 Å². The molecule has 0 bridgehead atoms. The minimum atomic E-state index is -0.537. The predicted octanol–water partition coefficient (Wildman–Crippen LogP) is 4.17. The van der Waals surface area contributed by atoms with E-state index < -0.39 is 11.6 Å². The molecule has 0 radical (unpaired) electrons. The average molecular weight is 344 g/mol. The molecular formula is C19H18F2N2S. The number of hydrogen-bond acceptors (Lipinski definition) is 3. The fraction of sp³-hybridized carbons (Fsp3) is 0.263. The van der Waals surface area contributed by atoms with Crippen LogP contribution in [0.2, 0.25) is 0 Å². The molecule has 1 N–H and O–H groups in total. The number of piperazine rings is 1. The average Bonchev–Trinajstić information content (AvgIpc) is 3.02. The third-order valence-electron chi connectivity index (χ3n) is 4.58. The first-order valence-corrected chi connectivity index (χ1v) is 8.98. The third-order valence-corrected chi connectivity index (χ3v) is 5.56. The summed E-state index contributed by atoms with van der Waals surface area (Å²) < 4.78 is 29.1. The number of thiophene rings is 1. The quantitative estimate of drug-likeness (QED) is 0.767. The Hall–Kier alpha value is -1.82. The van der Waals surface area contributed by atoms with Gasteiger partial charge in [-0.2, -0.15) is 0 Å². The minimum absolute atomic E-state index is 0.191. The van der Waals surface area contributed by atoms with Gasteiger partial charge in [0, 0.05) is 42.5 Å². The summed E-state index contributed by atoms with van der Waals surface area (Å²) >= 11 is 1.67.